The van der Waals surface area contributed by atoms with Gasteiger partial charge in [-0.2, -0.15) is 0 Å². The highest BCUT2D eigenvalue weighted by Crippen LogP contribution is 1.93. The van der Waals surface area contributed by atoms with Gasteiger partial charge in [0.05, 0.1) is 0 Å². The van der Waals surface area contributed by atoms with Gasteiger partial charge in [-0.1, -0.05) is 0 Å². The van der Waals surface area contributed by atoms with Crippen molar-refractivity contribution in [3.63, 3.8) is 0 Å². The summed E-state index contributed by atoms with van der Waals surface area (Å²) >= 11 is 0. The van der Waals surface area contributed by atoms with Crippen molar-refractivity contribution >= 4 is 11.9 Å². The minimum absolute atomic E-state index is 0.101. The number of rotatable bonds is 4. The predicted molar refractivity (Wildman–Crippen MR) is 38.2 cm³/mol. The van der Waals surface area contributed by atoms with Gasteiger partial charge in [-0.25, -0.2) is 0 Å². The summed E-state index contributed by atoms with van der Waals surface area (Å²) in [6, 6.07) is -0.958. The number of carboxylic acid groups (broad SMARTS) is 1. The zero-order valence-corrected chi connectivity index (χ0v) is 6.28. The standard InChI is InChI=1S/C6H12N2O3/c1-8-5(9)3-2-4(7)6(10)11/h4H,2-3,7H2,1H3,(H,8,9)(H,10,11)/p-1/t4-/m1/s1. The van der Waals surface area contributed by atoms with Gasteiger partial charge in [0.1, 0.15) is 6.04 Å². The van der Waals surface area contributed by atoms with Crippen LogP contribution >= 0.6 is 0 Å². The summed E-state index contributed by atoms with van der Waals surface area (Å²) in [5.41, 5.74) is 5.13. The SMILES string of the molecule is CN=C([O-])CC[C@@H](N)C(=O)O. The lowest BCUT2D eigenvalue weighted by Gasteiger charge is -2.10. The molecule has 3 N–H and O–H groups in total. The van der Waals surface area contributed by atoms with Crippen LogP contribution in [0.5, 0.6) is 0 Å². The summed E-state index contributed by atoms with van der Waals surface area (Å²) in [6.07, 6.45) is 0.246. The Morgan fingerprint density at radius 2 is 2.36 bits per heavy atom. The highest BCUT2D eigenvalue weighted by molar-refractivity contribution is 5.75. The van der Waals surface area contributed by atoms with Crippen LogP contribution in [-0.4, -0.2) is 30.1 Å². The second-order valence-electron chi connectivity index (χ2n) is 2.10. The Balaban J connectivity index is 3.62. The van der Waals surface area contributed by atoms with Gasteiger partial charge in [0, 0.05) is 7.05 Å². The van der Waals surface area contributed by atoms with E-state index in [0.29, 0.717) is 0 Å². The molecule has 5 heteroatoms. The zero-order chi connectivity index (χ0) is 8.85. The topological polar surface area (TPSA) is 98.7 Å². The van der Waals surface area contributed by atoms with Gasteiger partial charge in [-0.05, 0) is 18.7 Å². The van der Waals surface area contributed by atoms with E-state index in [9.17, 15) is 9.90 Å². The number of nitrogens with zero attached hydrogens (tertiary/aromatic N) is 1. The third-order valence-electron chi connectivity index (χ3n) is 1.24. The van der Waals surface area contributed by atoms with Crippen molar-refractivity contribution in [2.75, 3.05) is 7.05 Å². The van der Waals surface area contributed by atoms with Crippen LogP contribution in [0, 0.1) is 0 Å². The van der Waals surface area contributed by atoms with E-state index in [1.54, 1.807) is 0 Å². The number of hydrogen-bond acceptors (Lipinski definition) is 4. The fourth-order valence-corrected chi connectivity index (χ4v) is 0.514. The van der Waals surface area contributed by atoms with Gasteiger partial charge < -0.3 is 20.9 Å². The number of aliphatic imine (C=N–C) groups is 1. The molecule has 11 heavy (non-hydrogen) atoms. The molecule has 64 valence electrons. The number of nitrogens with two attached hydrogens (primary N) is 1. The van der Waals surface area contributed by atoms with E-state index in [0.717, 1.165) is 0 Å². The lowest BCUT2D eigenvalue weighted by atomic mass is 10.2. The average molecular weight is 159 g/mol. The first-order valence-corrected chi connectivity index (χ1v) is 3.19. The largest absolute Gasteiger partial charge is 0.862 e. The van der Waals surface area contributed by atoms with Crippen molar-refractivity contribution in [3.8, 4) is 0 Å². The molecule has 1 atom stereocenters. The molecule has 0 rings (SSSR count). The third kappa shape index (κ3) is 4.32. The molecule has 0 fully saturated rings. The van der Waals surface area contributed by atoms with Gasteiger partial charge in [0.2, 0.25) is 0 Å². The van der Waals surface area contributed by atoms with Crippen molar-refractivity contribution < 1.29 is 15.0 Å². The molecule has 0 aliphatic rings. The molecular formula is C6H11N2O3-. The normalized spacial score (nSPS) is 14.5. The molecule has 0 amide bonds. The molecule has 0 spiro atoms. The minimum atomic E-state index is -1.09. The van der Waals surface area contributed by atoms with Crippen molar-refractivity contribution in [1.82, 2.24) is 0 Å². The van der Waals surface area contributed by atoms with E-state index in [2.05, 4.69) is 4.99 Å². The lowest BCUT2D eigenvalue weighted by Crippen LogP contribution is -2.32. The predicted octanol–water partition coefficient (Wildman–Crippen LogP) is -1.43. The Morgan fingerprint density at radius 1 is 1.82 bits per heavy atom. The summed E-state index contributed by atoms with van der Waals surface area (Å²) in [5, 5.41) is 18.8. The van der Waals surface area contributed by atoms with Crippen LogP contribution in [0.25, 0.3) is 0 Å². The zero-order valence-electron chi connectivity index (χ0n) is 6.28. The highest BCUT2D eigenvalue weighted by Gasteiger charge is 2.09. The van der Waals surface area contributed by atoms with Gasteiger partial charge in [-0.3, -0.25) is 4.79 Å². The molecule has 0 aromatic rings. The number of carboxylic acids is 1. The Hall–Kier alpha value is -1.10. The van der Waals surface area contributed by atoms with Crippen molar-refractivity contribution in [3.05, 3.63) is 0 Å². The molecule has 0 aromatic carbocycles. The summed E-state index contributed by atoms with van der Waals surface area (Å²) in [4.78, 5) is 13.5. The number of aliphatic carboxylic acids is 1. The summed E-state index contributed by atoms with van der Waals surface area (Å²) in [6.45, 7) is 0. The molecule has 5 nitrogen and oxygen atoms in total. The number of hydrogen-bond donors (Lipinski definition) is 2. The second kappa shape index (κ2) is 4.68. The molecule has 0 radical (unpaired) electrons. The molecule has 0 saturated heterocycles. The van der Waals surface area contributed by atoms with Crippen molar-refractivity contribution in [1.29, 1.82) is 0 Å². The van der Waals surface area contributed by atoms with E-state index >= 15 is 0 Å². The molecule has 0 unspecified atom stereocenters. The monoisotopic (exact) mass is 159 g/mol. The van der Waals surface area contributed by atoms with Crippen LogP contribution in [0.2, 0.25) is 0 Å². The van der Waals surface area contributed by atoms with Crippen molar-refractivity contribution in [2.45, 2.75) is 18.9 Å². The molecule has 0 saturated carbocycles. The fraction of sp³-hybridized carbons (Fsp3) is 0.667. The van der Waals surface area contributed by atoms with Crippen LogP contribution < -0.4 is 10.8 Å². The van der Waals surface area contributed by atoms with Crippen LogP contribution in [0.15, 0.2) is 4.99 Å². The van der Waals surface area contributed by atoms with E-state index in [1.165, 1.54) is 7.05 Å². The second-order valence-corrected chi connectivity index (χ2v) is 2.10. The molecule has 0 heterocycles. The minimum Gasteiger partial charge on any atom is -0.862 e. The maximum atomic E-state index is 10.5. The summed E-state index contributed by atoms with van der Waals surface area (Å²) in [7, 11) is 1.37. The molecule has 0 aromatic heterocycles. The highest BCUT2D eigenvalue weighted by atomic mass is 16.4. The van der Waals surface area contributed by atoms with E-state index in [4.69, 9.17) is 10.8 Å². The van der Waals surface area contributed by atoms with E-state index in [1.807, 2.05) is 0 Å². The maximum Gasteiger partial charge on any atom is 0.320 e. The molecule has 0 bridgehead atoms. The van der Waals surface area contributed by atoms with Gasteiger partial charge in [0.25, 0.3) is 0 Å². The fourth-order valence-electron chi connectivity index (χ4n) is 0.514. The van der Waals surface area contributed by atoms with Gasteiger partial charge in [0.15, 0.2) is 0 Å². The van der Waals surface area contributed by atoms with Crippen LogP contribution in [0.3, 0.4) is 0 Å². The summed E-state index contributed by atoms with van der Waals surface area (Å²) in [5.74, 6) is -1.41. The van der Waals surface area contributed by atoms with Crippen LogP contribution in [0.1, 0.15) is 12.8 Å². The average Bonchev–Trinajstić information content (AvgIpc) is 1.99. The molecular weight excluding hydrogens is 148 g/mol. The van der Waals surface area contributed by atoms with Gasteiger partial charge >= 0.3 is 5.97 Å². The molecule has 0 aliphatic heterocycles. The maximum absolute atomic E-state index is 10.5. The first kappa shape index (κ1) is 9.90. The quantitative estimate of drug-likeness (QED) is 0.388. The van der Waals surface area contributed by atoms with E-state index < -0.39 is 12.0 Å². The van der Waals surface area contributed by atoms with Gasteiger partial charge in [-0.15, -0.1) is 0 Å². The van der Waals surface area contributed by atoms with Crippen LogP contribution in [-0.2, 0) is 4.79 Å². The third-order valence-corrected chi connectivity index (χ3v) is 1.24. The Morgan fingerprint density at radius 3 is 2.73 bits per heavy atom. The smallest absolute Gasteiger partial charge is 0.320 e. The molecule has 0 aliphatic carbocycles. The Labute approximate surface area is 64.5 Å². The van der Waals surface area contributed by atoms with E-state index in [-0.39, 0.29) is 18.7 Å². The first-order valence-electron chi connectivity index (χ1n) is 3.19. The Kier molecular flexibility index (Phi) is 4.21. The van der Waals surface area contributed by atoms with Crippen LogP contribution in [0.4, 0.5) is 0 Å². The first-order chi connectivity index (χ1) is 5.07. The van der Waals surface area contributed by atoms with Crippen molar-refractivity contribution in [2.24, 2.45) is 10.7 Å². The lowest BCUT2D eigenvalue weighted by molar-refractivity contribution is -0.219. The Bertz CT molecular complexity index is 167. The summed E-state index contributed by atoms with van der Waals surface area (Å²) < 4.78 is 0. The number of carbonyl (C=O) groups is 1.